The highest BCUT2D eigenvalue weighted by Gasteiger charge is 2.29. The first-order valence-corrected chi connectivity index (χ1v) is 12.5. The summed E-state index contributed by atoms with van der Waals surface area (Å²) in [6, 6.07) is 18.4. The van der Waals surface area contributed by atoms with Gasteiger partial charge < -0.3 is 0 Å². The highest BCUT2D eigenvalue weighted by atomic mass is 79.9. The molecule has 2 aromatic carbocycles. The van der Waals surface area contributed by atoms with Crippen LogP contribution in [0.3, 0.4) is 0 Å². The molecule has 0 N–H and O–H groups in total. The van der Waals surface area contributed by atoms with Gasteiger partial charge in [-0.15, -0.1) is 10.2 Å². The fraction of sp³-hybridized carbons (Fsp3) is 0.208. The number of benzene rings is 2. The van der Waals surface area contributed by atoms with E-state index >= 15 is 0 Å². The van der Waals surface area contributed by atoms with E-state index in [2.05, 4.69) is 67.2 Å². The summed E-state index contributed by atoms with van der Waals surface area (Å²) in [6.45, 7) is 6.79. The highest BCUT2D eigenvalue weighted by molar-refractivity contribution is 9.10. The quantitative estimate of drug-likeness (QED) is 0.294. The van der Waals surface area contributed by atoms with Crippen LogP contribution in [0.5, 0.6) is 0 Å². The Hall–Kier alpha value is -3.06. The number of hydrogen-bond donors (Lipinski definition) is 0. The van der Waals surface area contributed by atoms with Gasteiger partial charge in [-0.1, -0.05) is 76.8 Å². The monoisotopic (exact) mass is 552 g/mol. The maximum atomic E-state index is 6.64. The van der Waals surface area contributed by atoms with E-state index in [0.29, 0.717) is 11.6 Å². The first kappa shape index (κ1) is 22.7. The van der Waals surface area contributed by atoms with E-state index < -0.39 is 0 Å². The summed E-state index contributed by atoms with van der Waals surface area (Å²) in [5, 5.41) is 17.2. The Balaban J connectivity index is 1.78. The van der Waals surface area contributed by atoms with Crippen LogP contribution in [0.1, 0.15) is 31.5 Å². The van der Waals surface area contributed by atoms with Crippen molar-refractivity contribution in [3.63, 3.8) is 0 Å². The molecule has 7 nitrogen and oxygen atoms in total. The van der Waals surface area contributed by atoms with Gasteiger partial charge in [0, 0.05) is 21.1 Å². The number of imidazole rings is 1. The molecule has 0 saturated heterocycles. The molecular weight excluding hydrogens is 534 g/mol. The number of rotatable bonds is 5. The molecule has 0 bridgehead atoms. The minimum absolute atomic E-state index is 0.114. The second-order valence-electron chi connectivity index (χ2n) is 8.73. The summed E-state index contributed by atoms with van der Waals surface area (Å²) in [6.07, 6.45) is 1.64. The molecule has 5 rings (SSSR count). The van der Waals surface area contributed by atoms with Gasteiger partial charge in [-0.05, 0) is 36.4 Å². The van der Waals surface area contributed by atoms with Gasteiger partial charge in [0.25, 0.3) is 0 Å². The van der Waals surface area contributed by atoms with Gasteiger partial charge in [0.15, 0.2) is 5.01 Å². The fourth-order valence-corrected chi connectivity index (χ4v) is 4.91. The van der Waals surface area contributed by atoms with Crippen LogP contribution in [0.2, 0.25) is 5.02 Å². The van der Waals surface area contributed by atoms with Crippen molar-refractivity contribution in [2.45, 2.75) is 32.7 Å². The lowest BCUT2D eigenvalue weighted by molar-refractivity contribution is 0.452. The summed E-state index contributed by atoms with van der Waals surface area (Å²) in [5.41, 5.74) is 3.28. The smallest absolute Gasteiger partial charge is 0.293 e. The Morgan fingerprint density at radius 2 is 1.85 bits per heavy atom. The summed E-state index contributed by atoms with van der Waals surface area (Å²) in [5.74, 6) is 0.717. The maximum Gasteiger partial charge on any atom is 0.382 e. The van der Waals surface area contributed by atoms with Crippen molar-refractivity contribution in [1.29, 1.82) is 0 Å². The summed E-state index contributed by atoms with van der Waals surface area (Å²) < 4.78 is 7.08. The Kier molecular flexibility index (Phi) is 5.98. The van der Waals surface area contributed by atoms with Gasteiger partial charge >= 0.3 is 12.3 Å². The molecular formula is C24H20BrClN7S+. The third-order valence-electron chi connectivity index (χ3n) is 5.18. The number of aromatic nitrogens is 4. The minimum Gasteiger partial charge on any atom is -0.293 e. The lowest BCUT2D eigenvalue weighted by atomic mass is 9.98. The molecule has 0 saturated carbocycles. The van der Waals surface area contributed by atoms with Gasteiger partial charge in [-0.2, -0.15) is 4.67 Å². The van der Waals surface area contributed by atoms with Crippen molar-refractivity contribution in [2.24, 2.45) is 5.10 Å². The molecule has 0 atom stereocenters. The SMILES string of the molecule is CC(C)(C)c1nnc(-c2nc(-c3ccccc3Cl)n(-c3ccc(Br)cc3)c2CN2C=[N+]=C=N2)s1. The Morgan fingerprint density at radius 1 is 1.09 bits per heavy atom. The van der Waals surface area contributed by atoms with Crippen LogP contribution < -0.4 is 4.67 Å². The largest absolute Gasteiger partial charge is 0.382 e. The molecule has 3 heterocycles. The Bertz CT molecular complexity index is 1450. The third kappa shape index (κ3) is 4.37. The van der Waals surface area contributed by atoms with E-state index in [1.54, 1.807) is 22.7 Å². The molecule has 0 fully saturated rings. The number of hydrogen-bond acceptors (Lipinski definition) is 6. The predicted molar refractivity (Wildman–Crippen MR) is 140 cm³/mol. The molecule has 1 aliphatic rings. The van der Waals surface area contributed by atoms with Crippen molar-refractivity contribution >= 4 is 51.2 Å². The molecule has 0 unspecified atom stereocenters. The number of nitrogens with zero attached hydrogens (tertiary/aromatic N) is 7. The first-order chi connectivity index (χ1) is 16.3. The highest BCUT2D eigenvalue weighted by Crippen LogP contribution is 2.38. The zero-order chi connectivity index (χ0) is 23.9. The van der Waals surface area contributed by atoms with Crippen molar-refractivity contribution in [3.8, 4) is 27.8 Å². The van der Waals surface area contributed by atoms with Crippen LogP contribution in [0.4, 0.5) is 0 Å². The van der Waals surface area contributed by atoms with Gasteiger partial charge in [0.05, 0.1) is 10.7 Å². The van der Waals surface area contributed by atoms with E-state index in [4.69, 9.17) is 16.6 Å². The molecule has 170 valence electrons. The molecule has 34 heavy (non-hydrogen) atoms. The van der Waals surface area contributed by atoms with E-state index in [1.807, 2.05) is 48.5 Å². The van der Waals surface area contributed by atoms with Crippen LogP contribution in [0.25, 0.3) is 27.8 Å². The average molecular weight is 554 g/mol. The lowest BCUT2D eigenvalue weighted by Gasteiger charge is -2.13. The van der Waals surface area contributed by atoms with Crippen molar-refractivity contribution in [1.82, 2.24) is 29.4 Å². The van der Waals surface area contributed by atoms with Crippen LogP contribution in [0.15, 0.2) is 58.1 Å². The molecule has 10 heteroatoms. The normalized spacial score (nSPS) is 12.8. The summed E-state index contributed by atoms with van der Waals surface area (Å²) >= 11 is 11.7. The minimum atomic E-state index is -0.114. The van der Waals surface area contributed by atoms with E-state index in [0.717, 1.165) is 43.0 Å². The molecule has 4 aromatic rings. The van der Waals surface area contributed by atoms with Crippen LogP contribution in [-0.4, -0.2) is 37.1 Å². The average Bonchev–Trinajstić information content (AvgIpc) is 3.55. The fourth-order valence-electron chi connectivity index (χ4n) is 3.52. The van der Waals surface area contributed by atoms with E-state index in [1.165, 1.54) is 0 Å². The predicted octanol–water partition coefficient (Wildman–Crippen LogP) is 5.77. The van der Waals surface area contributed by atoms with Gasteiger partial charge in [-0.25, -0.2) is 4.98 Å². The van der Waals surface area contributed by atoms with Crippen molar-refractivity contribution in [3.05, 3.63) is 68.7 Å². The zero-order valence-corrected chi connectivity index (χ0v) is 21.9. The van der Waals surface area contributed by atoms with Gasteiger partial charge in [0.1, 0.15) is 28.2 Å². The number of hydrazone groups is 1. The zero-order valence-electron chi connectivity index (χ0n) is 18.7. The van der Waals surface area contributed by atoms with E-state index in [9.17, 15) is 0 Å². The Morgan fingerprint density at radius 3 is 2.50 bits per heavy atom. The molecule has 0 radical (unpaired) electrons. The maximum absolute atomic E-state index is 6.64. The Labute approximate surface area is 214 Å². The molecule has 0 amide bonds. The topological polar surface area (TPSA) is 73.3 Å². The molecule has 0 spiro atoms. The third-order valence-corrected chi connectivity index (χ3v) is 7.39. The molecule has 2 aromatic heterocycles. The van der Waals surface area contributed by atoms with Crippen LogP contribution >= 0.6 is 38.9 Å². The van der Waals surface area contributed by atoms with Crippen molar-refractivity contribution in [2.75, 3.05) is 0 Å². The number of halogens is 2. The first-order valence-electron chi connectivity index (χ1n) is 10.5. The van der Waals surface area contributed by atoms with Crippen LogP contribution in [0, 0.1) is 0 Å². The van der Waals surface area contributed by atoms with Gasteiger partial charge in [0.2, 0.25) is 0 Å². The second kappa shape index (κ2) is 8.95. The second-order valence-corrected chi connectivity index (χ2v) is 11.0. The van der Waals surface area contributed by atoms with Gasteiger partial charge in [-0.3, -0.25) is 4.57 Å². The van der Waals surface area contributed by atoms with Crippen LogP contribution in [-0.2, 0) is 12.0 Å². The summed E-state index contributed by atoms with van der Waals surface area (Å²) in [7, 11) is 0. The summed E-state index contributed by atoms with van der Waals surface area (Å²) in [4.78, 5) is 5.09. The van der Waals surface area contributed by atoms with Crippen molar-refractivity contribution < 1.29 is 0 Å². The van der Waals surface area contributed by atoms with E-state index in [-0.39, 0.29) is 5.41 Å². The molecule has 1 aliphatic heterocycles. The lowest BCUT2D eigenvalue weighted by Crippen LogP contribution is -2.16. The standard InChI is InChI=1S/C24H20BrClN7S/c1-24(2,3)23-31-30-22(34-23)20-19(12-32-14-27-13-28-32)33(16-10-8-15(25)9-11-16)21(29-20)17-6-4-5-7-18(17)26/h4-11,14H,12H2,1-3H3/q+1. The molecule has 0 aliphatic carbocycles.